The van der Waals surface area contributed by atoms with Crippen LogP contribution in [0.4, 0.5) is 0 Å². The van der Waals surface area contributed by atoms with Gasteiger partial charge >= 0.3 is 0 Å². The number of carbonyl (C=O) groups is 1. The van der Waals surface area contributed by atoms with Crippen LogP contribution in [0.3, 0.4) is 0 Å². The normalized spacial score (nSPS) is 15.1. The minimum Gasteiger partial charge on any atom is -0.493 e. The molecule has 1 atom stereocenters. The average molecular weight is 490 g/mol. The SMILES string of the molecule is COc1ccc(C2=NN(C(=O)c3cccc(C#N)c3)CC2c2ccc(Br)cc2)cc1OC. The van der Waals surface area contributed by atoms with E-state index in [0.29, 0.717) is 29.2 Å². The molecule has 7 heteroatoms. The second-order valence-electron chi connectivity index (χ2n) is 7.24. The molecular weight excluding hydrogens is 470 g/mol. The van der Waals surface area contributed by atoms with Crippen LogP contribution in [-0.2, 0) is 0 Å². The molecule has 3 aromatic carbocycles. The van der Waals surface area contributed by atoms with Gasteiger partial charge in [0.25, 0.3) is 5.91 Å². The van der Waals surface area contributed by atoms with Crippen molar-refractivity contribution in [2.75, 3.05) is 20.8 Å². The first-order chi connectivity index (χ1) is 15.5. The minimum absolute atomic E-state index is 0.121. The number of hydrogen-bond donors (Lipinski definition) is 0. The summed E-state index contributed by atoms with van der Waals surface area (Å²) in [5.41, 5.74) is 3.51. The summed E-state index contributed by atoms with van der Waals surface area (Å²) in [6.45, 7) is 0.390. The maximum atomic E-state index is 13.2. The van der Waals surface area contributed by atoms with E-state index in [2.05, 4.69) is 22.0 Å². The van der Waals surface area contributed by atoms with Gasteiger partial charge < -0.3 is 9.47 Å². The molecule has 0 aliphatic carbocycles. The topological polar surface area (TPSA) is 74.9 Å². The van der Waals surface area contributed by atoms with E-state index < -0.39 is 0 Å². The number of nitriles is 1. The standard InChI is InChI=1S/C25H20BrN3O3/c1-31-22-11-8-18(13-23(22)32-2)24-21(17-6-9-20(26)10-7-17)15-29(28-24)25(30)19-5-3-4-16(12-19)14-27/h3-13,21H,15H2,1-2H3. The van der Waals surface area contributed by atoms with Crippen molar-refractivity contribution < 1.29 is 14.3 Å². The zero-order valence-electron chi connectivity index (χ0n) is 17.6. The molecule has 0 radical (unpaired) electrons. The molecule has 1 unspecified atom stereocenters. The summed E-state index contributed by atoms with van der Waals surface area (Å²) in [6.07, 6.45) is 0. The third-order valence-electron chi connectivity index (χ3n) is 5.34. The molecule has 0 aromatic heterocycles. The summed E-state index contributed by atoms with van der Waals surface area (Å²) in [5, 5.41) is 15.4. The lowest BCUT2D eigenvalue weighted by Gasteiger charge is -2.16. The van der Waals surface area contributed by atoms with Crippen molar-refractivity contribution in [3.63, 3.8) is 0 Å². The van der Waals surface area contributed by atoms with Gasteiger partial charge in [-0.05, 0) is 54.1 Å². The van der Waals surface area contributed by atoms with Crippen LogP contribution in [0.5, 0.6) is 11.5 Å². The van der Waals surface area contributed by atoms with Gasteiger partial charge in [-0.15, -0.1) is 0 Å². The predicted octanol–water partition coefficient (Wildman–Crippen LogP) is 4.98. The third-order valence-corrected chi connectivity index (χ3v) is 5.87. The Labute approximate surface area is 194 Å². The van der Waals surface area contributed by atoms with Gasteiger partial charge in [0.2, 0.25) is 0 Å². The Kier molecular flexibility index (Phi) is 6.24. The van der Waals surface area contributed by atoms with Crippen LogP contribution >= 0.6 is 15.9 Å². The van der Waals surface area contributed by atoms with Crippen LogP contribution in [0.1, 0.15) is 33.0 Å². The third kappa shape index (κ3) is 4.23. The Morgan fingerprint density at radius 3 is 2.50 bits per heavy atom. The largest absolute Gasteiger partial charge is 0.493 e. The van der Waals surface area contributed by atoms with Crippen molar-refractivity contribution in [1.82, 2.24) is 5.01 Å². The predicted molar refractivity (Wildman–Crippen MR) is 125 cm³/mol. The van der Waals surface area contributed by atoms with Gasteiger partial charge in [0, 0.05) is 21.5 Å². The van der Waals surface area contributed by atoms with Crippen molar-refractivity contribution >= 4 is 27.5 Å². The molecule has 1 aliphatic heterocycles. The molecule has 4 rings (SSSR count). The van der Waals surface area contributed by atoms with Gasteiger partial charge in [0.15, 0.2) is 11.5 Å². The van der Waals surface area contributed by atoms with Crippen molar-refractivity contribution in [3.8, 4) is 17.6 Å². The monoisotopic (exact) mass is 489 g/mol. The van der Waals surface area contributed by atoms with Gasteiger partial charge in [-0.3, -0.25) is 4.79 Å². The second kappa shape index (κ2) is 9.25. The molecule has 32 heavy (non-hydrogen) atoms. The average Bonchev–Trinajstić information content (AvgIpc) is 3.29. The van der Waals surface area contributed by atoms with Gasteiger partial charge in [0.1, 0.15) is 0 Å². The number of carbonyl (C=O) groups excluding carboxylic acids is 1. The smallest absolute Gasteiger partial charge is 0.274 e. The molecule has 160 valence electrons. The van der Waals surface area contributed by atoms with E-state index in [-0.39, 0.29) is 11.8 Å². The highest BCUT2D eigenvalue weighted by Crippen LogP contribution is 2.34. The number of nitrogens with zero attached hydrogens (tertiary/aromatic N) is 3. The van der Waals surface area contributed by atoms with E-state index in [1.807, 2.05) is 42.5 Å². The fourth-order valence-electron chi connectivity index (χ4n) is 3.71. The number of amides is 1. The Hall–Kier alpha value is -3.63. The van der Waals surface area contributed by atoms with Crippen molar-refractivity contribution in [2.45, 2.75) is 5.92 Å². The van der Waals surface area contributed by atoms with E-state index in [4.69, 9.17) is 14.6 Å². The van der Waals surface area contributed by atoms with Crippen LogP contribution in [0.25, 0.3) is 0 Å². The molecule has 0 saturated carbocycles. The number of halogens is 1. The Bertz CT molecular complexity index is 1230. The molecular formula is C25H20BrN3O3. The molecule has 0 bridgehead atoms. The number of methoxy groups -OCH3 is 2. The molecule has 1 amide bonds. The lowest BCUT2D eigenvalue weighted by atomic mass is 9.90. The zero-order chi connectivity index (χ0) is 22.7. The first-order valence-corrected chi connectivity index (χ1v) is 10.7. The number of rotatable bonds is 5. The number of hydrogen-bond acceptors (Lipinski definition) is 5. The van der Waals surface area contributed by atoms with Crippen LogP contribution in [0, 0.1) is 11.3 Å². The quantitative estimate of drug-likeness (QED) is 0.506. The molecule has 0 N–H and O–H groups in total. The lowest BCUT2D eigenvalue weighted by Crippen LogP contribution is -2.25. The van der Waals surface area contributed by atoms with E-state index in [1.54, 1.807) is 38.5 Å². The van der Waals surface area contributed by atoms with Crippen molar-refractivity contribution in [1.29, 1.82) is 5.26 Å². The van der Waals surface area contributed by atoms with Crippen LogP contribution < -0.4 is 9.47 Å². The summed E-state index contributed by atoms with van der Waals surface area (Å²) in [4.78, 5) is 13.2. The van der Waals surface area contributed by atoms with Gasteiger partial charge in [0.05, 0.1) is 38.1 Å². The molecule has 0 spiro atoms. The van der Waals surface area contributed by atoms with E-state index in [0.717, 1.165) is 21.3 Å². The fraction of sp³-hybridized carbons (Fsp3) is 0.160. The summed E-state index contributed by atoms with van der Waals surface area (Å²) in [6, 6.07) is 22.3. The second-order valence-corrected chi connectivity index (χ2v) is 8.15. The first-order valence-electron chi connectivity index (χ1n) is 9.92. The van der Waals surface area contributed by atoms with Gasteiger partial charge in [-0.25, -0.2) is 5.01 Å². The van der Waals surface area contributed by atoms with Crippen LogP contribution in [0.15, 0.2) is 76.3 Å². The highest BCUT2D eigenvalue weighted by Gasteiger charge is 2.33. The first kappa shape index (κ1) is 21.6. The number of ether oxygens (including phenoxy) is 2. The minimum atomic E-state index is -0.250. The van der Waals surface area contributed by atoms with E-state index in [9.17, 15) is 10.1 Å². The zero-order valence-corrected chi connectivity index (χ0v) is 19.2. The molecule has 0 saturated heterocycles. The summed E-state index contributed by atoms with van der Waals surface area (Å²) >= 11 is 3.48. The summed E-state index contributed by atoms with van der Waals surface area (Å²) in [7, 11) is 3.17. The lowest BCUT2D eigenvalue weighted by molar-refractivity contribution is 0.0774. The Morgan fingerprint density at radius 1 is 1.06 bits per heavy atom. The molecule has 1 heterocycles. The number of benzene rings is 3. The Balaban J connectivity index is 1.76. The van der Waals surface area contributed by atoms with Gasteiger partial charge in [-0.2, -0.15) is 10.4 Å². The maximum absolute atomic E-state index is 13.2. The van der Waals surface area contributed by atoms with E-state index in [1.165, 1.54) is 5.01 Å². The van der Waals surface area contributed by atoms with Crippen molar-refractivity contribution in [3.05, 3.63) is 93.5 Å². The number of hydrazone groups is 1. The Morgan fingerprint density at radius 2 is 1.81 bits per heavy atom. The van der Waals surface area contributed by atoms with Gasteiger partial charge in [-0.1, -0.05) is 34.1 Å². The van der Waals surface area contributed by atoms with Crippen molar-refractivity contribution in [2.24, 2.45) is 5.10 Å². The molecule has 1 aliphatic rings. The molecule has 0 fully saturated rings. The fourth-order valence-corrected chi connectivity index (χ4v) is 3.98. The molecule has 6 nitrogen and oxygen atoms in total. The van der Waals surface area contributed by atoms with Crippen LogP contribution in [-0.4, -0.2) is 37.4 Å². The maximum Gasteiger partial charge on any atom is 0.274 e. The van der Waals surface area contributed by atoms with E-state index >= 15 is 0 Å². The highest BCUT2D eigenvalue weighted by atomic mass is 79.9. The highest BCUT2D eigenvalue weighted by molar-refractivity contribution is 9.10. The summed E-state index contributed by atoms with van der Waals surface area (Å²) < 4.78 is 11.8. The molecule has 3 aromatic rings. The summed E-state index contributed by atoms with van der Waals surface area (Å²) in [5.74, 6) is 0.842. The van der Waals surface area contributed by atoms with Crippen LogP contribution in [0.2, 0.25) is 0 Å².